The van der Waals surface area contributed by atoms with Gasteiger partial charge in [-0.3, -0.25) is 14.9 Å². The van der Waals surface area contributed by atoms with Crippen LogP contribution in [0.15, 0.2) is 18.2 Å². The Hall–Kier alpha value is -2.11. The van der Waals surface area contributed by atoms with E-state index in [-0.39, 0.29) is 11.5 Å². The first-order valence-electron chi connectivity index (χ1n) is 5.70. The van der Waals surface area contributed by atoms with Crippen LogP contribution in [0.25, 0.3) is 0 Å². The Bertz CT molecular complexity index is 459. The molecule has 0 aromatic heterocycles. The second-order valence-electron chi connectivity index (χ2n) is 4.04. The molecule has 0 heterocycles. The number of hydrogen-bond acceptors (Lipinski definition) is 4. The van der Waals surface area contributed by atoms with Crippen molar-refractivity contribution in [2.75, 3.05) is 13.6 Å². The van der Waals surface area contributed by atoms with Crippen molar-refractivity contribution < 1.29 is 14.8 Å². The molecule has 0 bridgehead atoms. The molecule has 0 atom stereocenters. The monoisotopic (exact) mass is 252 g/mol. The molecule has 0 saturated heterocycles. The molecule has 98 valence electrons. The lowest BCUT2D eigenvalue weighted by atomic mass is 10.1. The number of nitro benzene ring substituents is 1. The van der Waals surface area contributed by atoms with Crippen LogP contribution in [0.4, 0.5) is 5.69 Å². The van der Waals surface area contributed by atoms with Gasteiger partial charge in [-0.05, 0) is 18.6 Å². The molecule has 0 aliphatic heterocycles. The van der Waals surface area contributed by atoms with Crippen LogP contribution in [0.3, 0.4) is 0 Å². The highest BCUT2D eigenvalue weighted by molar-refractivity contribution is 5.94. The zero-order valence-corrected chi connectivity index (χ0v) is 10.4. The van der Waals surface area contributed by atoms with Gasteiger partial charge in [-0.25, -0.2) is 0 Å². The Morgan fingerprint density at radius 2 is 2.17 bits per heavy atom. The van der Waals surface area contributed by atoms with Gasteiger partial charge in [0.25, 0.3) is 5.91 Å². The van der Waals surface area contributed by atoms with E-state index in [2.05, 4.69) is 0 Å². The SMILES string of the molecule is CCCCN(C)C(=O)c1ccc([N+](=O)[O-])c(O)c1. The predicted molar refractivity (Wildman–Crippen MR) is 66.6 cm³/mol. The minimum Gasteiger partial charge on any atom is -0.502 e. The maximum Gasteiger partial charge on any atom is 0.310 e. The quantitative estimate of drug-likeness (QED) is 0.643. The van der Waals surface area contributed by atoms with Crippen LogP contribution in [0.5, 0.6) is 5.75 Å². The number of unbranched alkanes of at least 4 members (excludes halogenated alkanes) is 1. The largest absolute Gasteiger partial charge is 0.502 e. The summed E-state index contributed by atoms with van der Waals surface area (Å²) in [7, 11) is 1.66. The summed E-state index contributed by atoms with van der Waals surface area (Å²) in [6.07, 6.45) is 1.87. The first-order chi connectivity index (χ1) is 8.47. The Balaban J connectivity index is 2.87. The molecule has 0 radical (unpaired) electrons. The fraction of sp³-hybridized carbons (Fsp3) is 0.417. The van der Waals surface area contributed by atoms with Crippen LogP contribution >= 0.6 is 0 Å². The van der Waals surface area contributed by atoms with Crippen LogP contribution < -0.4 is 0 Å². The van der Waals surface area contributed by atoms with Crippen molar-refractivity contribution in [1.29, 1.82) is 0 Å². The minimum atomic E-state index is -0.690. The number of amides is 1. The van der Waals surface area contributed by atoms with E-state index in [1.54, 1.807) is 7.05 Å². The van der Waals surface area contributed by atoms with Gasteiger partial charge < -0.3 is 10.0 Å². The van der Waals surface area contributed by atoms with Crippen LogP contribution in [-0.2, 0) is 0 Å². The van der Waals surface area contributed by atoms with Crippen molar-refractivity contribution in [2.24, 2.45) is 0 Å². The highest BCUT2D eigenvalue weighted by Crippen LogP contribution is 2.26. The van der Waals surface area contributed by atoms with Crippen LogP contribution in [0.2, 0.25) is 0 Å². The van der Waals surface area contributed by atoms with E-state index >= 15 is 0 Å². The molecule has 1 amide bonds. The summed E-state index contributed by atoms with van der Waals surface area (Å²) in [5.74, 6) is -0.747. The third-order valence-electron chi connectivity index (χ3n) is 2.61. The molecule has 0 fully saturated rings. The van der Waals surface area contributed by atoms with Crippen molar-refractivity contribution in [3.8, 4) is 5.75 Å². The van der Waals surface area contributed by atoms with Gasteiger partial charge in [0, 0.05) is 25.2 Å². The molecule has 1 N–H and O–H groups in total. The number of phenolic OH excluding ortho intramolecular Hbond substituents is 1. The third kappa shape index (κ3) is 3.19. The first kappa shape index (κ1) is 14.0. The smallest absolute Gasteiger partial charge is 0.310 e. The Morgan fingerprint density at radius 3 is 2.67 bits per heavy atom. The molecular weight excluding hydrogens is 236 g/mol. The molecule has 1 aromatic rings. The molecule has 1 aromatic carbocycles. The lowest BCUT2D eigenvalue weighted by Gasteiger charge is -2.16. The zero-order chi connectivity index (χ0) is 13.7. The number of nitrogens with zero attached hydrogens (tertiary/aromatic N) is 2. The summed E-state index contributed by atoms with van der Waals surface area (Å²) in [4.78, 5) is 23.3. The molecule has 0 unspecified atom stereocenters. The van der Waals surface area contributed by atoms with Crippen molar-refractivity contribution >= 4 is 11.6 Å². The number of hydrogen-bond donors (Lipinski definition) is 1. The fourth-order valence-corrected chi connectivity index (χ4v) is 1.53. The molecule has 1 rings (SSSR count). The third-order valence-corrected chi connectivity index (χ3v) is 2.61. The van der Waals surface area contributed by atoms with E-state index in [4.69, 9.17) is 0 Å². The molecule has 18 heavy (non-hydrogen) atoms. The summed E-state index contributed by atoms with van der Waals surface area (Å²) in [5.41, 5.74) is -0.153. The minimum absolute atomic E-state index is 0.247. The lowest BCUT2D eigenvalue weighted by molar-refractivity contribution is -0.385. The first-order valence-corrected chi connectivity index (χ1v) is 5.70. The highest BCUT2D eigenvalue weighted by atomic mass is 16.6. The standard InChI is InChI=1S/C12H16N2O4/c1-3-4-7-13(2)12(16)9-5-6-10(14(17)18)11(15)8-9/h5-6,8,15H,3-4,7H2,1-2H3. The number of phenols is 1. The maximum absolute atomic E-state index is 11.9. The molecule has 0 spiro atoms. The fourth-order valence-electron chi connectivity index (χ4n) is 1.53. The van der Waals surface area contributed by atoms with Crippen molar-refractivity contribution in [3.63, 3.8) is 0 Å². The van der Waals surface area contributed by atoms with Gasteiger partial charge in [-0.2, -0.15) is 0 Å². The summed E-state index contributed by atoms with van der Waals surface area (Å²) >= 11 is 0. The number of rotatable bonds is 5. The Labute approximate surface area is 105 Å². The topological polar surface area (TPSA) is 83.7 Å². The van der Waals surface area contributed by atoms with Gasteiger partial charge in [-0.1, -0.05) is 13.3 Å². The van der Waals surface area contributed by atoms with E-state index in [0.29, 0.717) is 6.54 Å². The maximum atomic E-state index is 11.9. The van der Waals surface area contributed by atoms with E-state index in [0.717, 1.165) is 25.0 Å². The number of carbonyl (C=O) groups excluding carboxylic acids is 1. The predicted octanol–water partition coefficient (Wildman–Crippen LogP) is 2.17. The van der Waals surface area contributed by atoms with Crippen LogP contribution in [0.1, 0.15) is 30.1 Å². The summed E-state index contributed by atoms with van der Waals surface area (Å²) in [6.45, 7) is 2.64. The number of carbonyl (C=O) groups is 1. The summed E-state index contributed by atoms with van der Waals surface area (Å²) in [6, 6.07) is 3.61. The van der Waals surface area contributed by atoms with Gasteiger partial charge in [-0.15, -0.1) is 0 Å². The second-order valence-corrected chi connectivity index (χ2v) is 4.04. The molecule has 0 saturated carbocycles. The van der Waals surface area contributed by atoms with E-state index < -0.39 is 16.4 Å². The normalized spacial score (nSPS) is 10.1. The second kappa shape index (κ2) is 6.00. The number of aromatic hydroxyl groups is 1. The van der Waals surface area contributed by atoms with E-state index in [1.807, 2.05) is 6.92 Å². The van der Waals surface area contributed by atoms with Gasteiger partial charge >= 0.3 is 5.69 Å². The molecule has 0 aliphatic carbocycles. The van der Waals surface area contributed by atoms with Gasteiger partial charge in [0.2, 0.25) is 0 Å². The van der Waals surface area contributed by atoms with E-state index in [1.165, 1.54) is 11.0 Å². The molecular formula is C12H16N2O4. The molecule has 6 heteroatoms. The highest BCUT2D eigenvalue weighted by Gasteiger charge is 2.17. The van der Waals surface area contributed by atoms with Crippen LogP contribution in [0, 0.1) is 10.1 Å². The van der Waals surface area contributed by atoms with Gasteiger partial charge in [0.05, 0.1) is 4.92 Å². The summed E-state index contributed by atoms with van der Waals surface area (Å²) in [5, 5.41) is 20.0. The average Bonchev–Trinajstić information content (AvgIpc) is 2.34. The number of nitro groups is 1. The number of benzene rings is 1. The van der Waals surface area contributed by atoms with Gasteiger partial charge in [0.15, 0.2) is 5.75 Å². The van der Waals surface area contributed by atoms with E-state index in [9.17, 15) is 20.0 Å². The van der Waals surface area contributed by atoms with Crippen molar-refractivity contribution in [1.82, 2.24) is 4.90 Å². The van der Waals surface area contributed by atoms with Crippen LogP contribution in [-0.4, -0.2) is 34.4 Å². The molecule has 0 aliphatic rings. The van der Waals surface area contributed by atoms with Crippen molar-refractivity contribution in [2.45, 2.75) is 19.8 Å². The average molecular weight is 252 g/mol. The molecule has 6 nitrogen and oxygen atoms in total. The summed E-state index contributed by atoms with van der Waals surface area (Å²) < 4.78 is 0. The Morgan fingerprint density at radius 1 is 1.50 bits per heavy atom. The van der Waals surface area contributed by atoms with Crippen molar-refractivity contribution in [3.05, 3.63) is 33.9 Å². The Kier molecular flexibility index (Phi) is 4.65. The zero-order valence-electron chi connectivity index (χ0n) is 10.4. The van der Waals surface area contributed by atoms with Gasteiger partial charge in [0.1, 0.15) is 0 Å². The lowest BCUT2D eigenvalue weighted by Crippen LogP contribution is -2.27.